The molecule has 0 aromatic heterocycles. The van der Waals surface area contributed by atoms with E-state index in [2.05, 4.69) is 21.2 Å². The van der Waals surface area contributed by atoms with Crippen molar-refractivity contribution in [3.63, 3.8) is 0 Å². The maximum atomic E-state index is 13.3. The Morgan fingerprint density at radius 1 is 1.11 bits per heavy atom. The predicted octanol–water partition coefficient (Wildman–Crippen LogP) is 4.90. The van der Waals surface area contributed by atoms with Crippen LogP contribution in [0.4, 0.5) is 5.69 Å². The maximum Gasteiger partial charge on any atom is 0.242 e. The molecule has 0 spiro atoms. The number of nitrogens with one attached hydrogen (secondary N) is 1. The highest BCUT2D eigenvalue weighted by molar-refractivity contribution is 9.10. The van der Waals surface area contributed by atoms with Crippen LogP contribution in [0.2, 0.25) is 5.02 Å². The van der Waals surface area contributed by atoms with Crippen LogP contribution in [0.25, 0.3) is 0 Å². The van der Waals surface area contributed by atoms with E-state index in [9.17, 15) is 18.0 Å². The fraction of sp³-hybridized carbons (Fsp3) is 0.440. The van der Waals surface area contributed by atoms with Gasteiger partial charge in [0.2, 0.25) is 21.8 Å². The van der Waals surface area contributed by atoms with E-state index >= 15 is 0 Å². The minimum atomic E-state index is -3.59. The van der Waals surface area contributed by atoms with E-state index in [1.807, 2.05) is 38.1 Å². The van der Waals surface area contributed by atoms with Crippen molar-refractivity contribution in [1.29, 1.82) is 0 Å². The van der Waals surface area contributed by atoms with Crippen molar-refractivity contribution < 1.29 is 18.0 Å². The minimum absolute atomic E-state index is 0.0583. The second-order valence-corrected chi connectivity index (χ2v) is 12.0. The number of carbonyl (C=O) groups is 2. The molecule has 192 valence electrons. The van der Waals surface area contributed by atoms with Crippen LogP contribution in [0.3, 0.4) is 0 Å². The number of hydrogen-bond acceptors (Lipinski definition) is 4. The summed E-state index contributed by atoms with van der Waals surface area (Å²) >= 11 is 9.64. The van der Waals surface area contributed by atoms with Crippen molar-refractivity contribution in [2.75, 3.05) is 17.1 Å². The van der Waals surface area contributed by atoms with Gasteiger partial charge in [-0.25, -0.2) is 8.42 Å². The van der Waals surface area contributed by atoms with Crippen LogP contribution in [-0.2, 0) is 26.2 Å². The van der Waals surface area contributed by atoms with Crippen molar-refractivity contribution in [1.82, 2.24) is 10.2 Å². The number of sulfonamides is 1. The quantitative estimate of drug-likeness (QED) is 0.406. The number of benzene rings is 2. The van der Waals surface area contributed by atoms with Gasteiger partial charge in [0, 0.05) is 35.0 Å². The number of hydrogen-bond donors (Lipinski definition) is 1. The third kappa shape index (κ3) is 8.51. The fourth-order valence-corrected chi connectivity index (χ4v) is 5.30. The summed E-state index contributed by atoms with van der Waals surface area (Å²) in [6.45, 7) is 7.56. The largest absolute Gasteiger partial charge is 0.352 e. The van der Waals surface area contributed by atoms with Gasteiger partial charge in [-0.15, -0.1) is 0 Å². The number of amides is 2. The molecule has 0 heterocycles. The molecule has 2 rings (SSSR count). The van der Waals surface area contributed by atoms with Crippen LogP contribution in [0.5, 0.6) is 0 Å². The molecule has 0 fully saturated rings. The fourth-order valence-electron chi connectivity index (χ4n) is 3.67. The first-order valence-electron chi connectivity index (χ1n) is 11.4. The minimum Gasteiger partial charge on any atom is -0.352 e. The number of nitrogens with zero attached hydrogens (tertiary/aromatic N) is 2. The van der Waals surface area contributed by atoms with E-state index in [1.54, 1.807) is 32.0 Å². The second-order valence-electron chi connectivity index (χ2n) is 8.81. The van der Waals surface area contributed by atoms with Gasteiger partial charge in [-0.1, -0.05) is 45.7 Å². The van der Waals surface area contributed by atoms with Crippen LogP contribution in [0.15, 0.2) is 46.9 Å². The Labute approximate surface area is 222 Å². The molecule has 1 N–H and O–H groups in total. The lowest BCUT2D eigenvalue weighted by Gasteiger charge is -2.30. The zero-order valence-electron chi connectivity index (χ0n) is 20.7. The van der Waals surface area contributed by atoms with Gasteiger partial charge in [0.15, 0.2) is 0 Å². The summed E-state index contributed by atoms with van der Waals surface area (Å²) in [5.41, 5.74) is 2.02. The van der Waals surface area contributed by atoms with Crippen LogP contribution in [-0.4, -0.2) is 50.0 Å². The summed E-state index contributed by atoms with van der Waals surface area (Å²) in [5.74, 6) is -0.469. The molecule has 0 saturated heterocycles. The molecule has 35 heavy (non-hydrogen) atoms. The summed E-state index contributed by atoms with van der Waals surface area (Å²) in [7, 11) is -3.59. The van der Waals surface area contributed by atoms with E-state index < -0.39 is 16.1 Å². The van der Waals surface area contributed by atoms with E-state index in [0.29, 0.717) is 16.3 Å². The first-order chi connectivity index (χ1) is 16.3. The summed E-state index contributed by atoms with van der Waals surface area (Å²) < 4.78 is 27.2. The Morgan fingerprint density at radius 3 is 2.37 bits per heavy atom. The molecule has 0 aliphatic heterocycles. The van der Waals surface area contributed by atoms with Gasteiger partial charge in [0.25, 0.3) is 0 Å². The molecule has 2 aromatic rings. The van der Waals surface area contributed by atoms with Crippen LogP contribution in [0.1, 0.15) is 44.7 Å². The first-order valence-corrected chi connectivity index (χ1v) is 14.4. The van der Waals surface area contributed by atoms with Crippen molar-refractivity contribution in [2.24, 2.45) is 0 Å². The highest BCUT2D eigenvalue weighted by Crippen LogP contribution is 2.28. The zero-order valence-corrected chi connectivity index (χ0v) is 23.9. The summed E-state index contributed by atoms with van der Waals surface area (Å²) in [5, 5.41) is 3.33. The Hall–Kier alpha value is -2.10. The first kappa shape index (κ1) is 29.1. The molecular formula is C25H33BrClN3O4S. The van der Waals surface area contributed by atoms with Crippen LogP contribution in [0, 0.1) is 6.92 Å². The molecule has 1 atom stereocenters. The van der Waals surface area contributed by atoms with Gasteiger partial charge in [-0.3, -0.25) is 13.9 Å². The molecular weight excluding hydrogens is 554 g/mol. The molecule has 0 saturated carbocycles. The summed E-state index contributed by atoms with van der Waals surface area (Å²) in [4.78, 5) is 27.5. The maximum absolute atomic E-state index is 13.3. The number of rotatable bonds is 11. The molecule has 0 unspecified atom stereocenters. The SMILES string of the molecule is Cc1c(Cl)cccc1N(CCCC(=O)N(Cc1cccc(Br)c1)[C@@H](C)C(=O)NC(C)C)S(C)(=O)=O. The zero-order chi connectivity index (χ0) is 26.3. The third-order valence-electron chi connectivity index (χ3n) is 5.50. The second kappa shape index (κ2) is 12.7. The van der Waals surface area contributed by atoms with Crippen molar-refractivity contribution in [2.45, 2.75) is 59.2 Å². The number of carbonyl (C=O) groups excluding carboxylic acids is 2. The topological polar surface area (TPSA) is 86.8 Å². The lowest BCUT2D eigenvalue weighted by Crippen LogP contribution is -2.49. The van der Waals surface area contributed by atoms with Gasteiger partial charge in [-0.2, -0.15) is 0 Å². The summed E-state index contributed by atoms with van der Waals surface area (Å²) in [6.07, 6.45) is 1.50. The average molecular weight is 587 g/mol. The molecule has 0 radical (unpaired) electrons. The average Bonchev–Trinajstić information content (AvgIpc) is 2.75. The van der Waals surface area contributed by atoms with E-state index in [1.165, 1.54) is 9.21 Å². The molecule has 7 nitrogen and oxygen atoms in total. The molecule has 0 bridgehead atoms. The molecule has 0 aliphatic carbocycles. The standard InChI is InChI=1S/C25H33BrClN3O4S/c1-17(2)28-25(32)19(4)29(16-20-9-6-10-21(26)15-20)24(31)13-8-14-30(35(5,33)34)23-12-7-11-22(27)18(23)3/h6-7,9-12,15,17,19H,8,13-14,16H2,1-5H3,(H,28,32)/t19-/m0/s1. The van der Waals surface area contributed by atoms with Crippen LogP contribution < -0.4 is 9.62 Å². The molecule has 2 aromatic carbocycles. The Kier molecular flexibility index (Phi) is 10.6. The normalized spacial score (nSPS) is 12.3. The highest BCUT2D eigenvalue weighted by Gasteiger charge is 2.27. The molecule has 10 heteroatoms. The van der Waals surface area contributed by atoms with Gasteiger partial charge in [0.1, 0.15) is 6.04 Å². The predicted molar refractivity (Wildman–Crippen MR) is 145 cm³/mol. The highest BCUT2D eigenvalue weighted by atomic mass is 79.9. The summed E-state index contributed by atoms with van der Waals surface area (Å²) in [6, 6.07) is 11.9. The van der Waals surface area contributed by atoms with Crippen molar-refractivity contribution >= 4 is 55.1 Å². The van der Waals surface area contributed by atoms with Gasteiger partial charge < -0.3 is 10.2 Å². The smallest absolute Gasteiger partial charge is 0.242 e. The van der Waals surface area contributed by atoms with Crippen molar-refractivity contribution in [3.05, 3.63) is 63.1 Å². The lowest BCUT2D eigenvalue weighted by atomic mass is 10.1. The van der Waals surface area contributed by atoms with E-state index in [0.717, 1.165) is 16.3 Å². The molecule has 0 aliphatic rings. The molecule has 2 amide bonds. The van der Waals surface area contributed by atoms with Gasteiger partial charge in [-0.05, 0) is 69.5 Å². The Balaban J connectivity index is 2.21. The monoisotopic (exact) mass is 585 g/mol. The van der Waals surface area contributed by atoms with Gasteiger partial charge in [0.05, 0.1) is 11.9 Å². The van der Waals surface area contributed by atoms with Crippen molar-refractivity contribution in [3.8, 4) is 0 Å². The van der Waals surface area contributed by atoms with E-state index in [4.69, 9.17) is 11.6 Å². The number of anilines is 1. The number of halogens is 2. The van der Waals surface area contributed by atoms with E-state index in [-0.39, 0.29) is 43.8 Å². The van der Waals surface area contributed by atoms with Gasteiger partial charge >= 0.3 is 0 Å². The lowest BCUT2D eigenvalue weighted by molar-refractivity contribution is -0.140. The van der Waals surface area contributed by atoms with Crippen LogP contribution >= 0.6 is 27.5 Å². The third-order valence-corrected chi connectivity index (χ3v) is 7.58. The Morgan fingerprint density at radius 2 is 1.77 bits per heavy atom. The Bertz CT molecular complexity index is 1160.